The highest BCUT2D eigenvalue weighted by molar-refractivity contribution is 6.01. The molecule has 7 nitrogen and oxygen atoms in total. The van der Waals surface area contributed by atoms with E-state index in [1.807, 2.05) is 47.4 Å². The van der Waals surface area contributed by atoms with E-state index in [-0.39, 0.29) is 53.1 Å². The van der Waals surface area contributed by atoms with Crippen molar-refractivity contribution in [2.75, 3.05) is 33.4 Å². The van der Waals surface area contributed by atoms with Gasteiger partial charge in [0.25, 0.3) is 0 Å². The fourth-order valence-corrected chi connectivity index (χ4v) is 8.88. The molecule has 2 heterocycles. The summed E-state index contributed by atoms with van der Waals surface area (Å²) >= 11 is 0. The van der Waals surface area contributed by atoms with Gasteiger partial charge in [0.05, 0.1) is 11.6 Å². The Morgan fingerprint density at radius 2 is 1.98 bits per heavy atom. The summed E-state index contributed by atoms with van der Waals surface area (Å²) in [6.45, 7) is 6.99. The first-order valence-corrected chi connectivity index (χ1v) is 16.2. The van der Waals surface area contributed by atoms with Crippen molar-refractivity contribution in [3.05, 3.63) is 64.7 Å². The van der Waals surface area contributed by atoms with Crippen LogP contribution >= 0.6 is 0 Å². The molecule has 2 aliphatic heterocycles. The van der Waals surface area contributed by atoms with Gasteiger partial charge in [-0.25, -0.2) is 0 Å². The third kappa shape index (κ3) is 4.80. The Balaban J connectivity index is 1.30. The number of carbonyl (C=O) groups excluding carboxylic acids is 2. The lowest BCUT2D eigenvalue weighted by atomic mass is 9.50. The van der Waals surface area contributed by atoms with Crippen molar-refractivity contribution < 1.29 is 24.2 Å². The summed E-state index contributed by atoms with van der Waals surface area (Å²) in [4.78, 5) is 31.8. The van der Waals surface area contributed by atoms with Gasteiger partial charge in [-0.15, -0.1) is 0 Å². The summed E-state index contributed by atoms with van der Waals surface area (Å²) < 4.78 is 12.1. The molecule has 1 saturated heterocycles. The first kappa shape index (κ1) is 28.6. The van der Waals surface area contributed by atoms with Crippen LogP contribution in [0.3, 0.4) is 0 Å². The molecule has 0 radical (unpaired) electrons. The average Bonchev–Trinajstić information content (AvgIpc) is 3.75. The maximum absolute atomic E-state index is 14.0. The van der Waals surface area contributed by atoms with Crippen LogP contribution in [0.2, 0.25) is 0 Å². The smallest absolute Gasteiger partial charge is 0.246 e. The molecule has 2 aromatic rings. The van der Waals surface area contributed by atoms with Gasteiger partial charge in [0.2, 0.25) is 5.91 Å². The summed E-state index contributed by atoms with van der Waals surface area (Å²) in [5, 5.41) is 11.5. The van der Waals surface area contributed by atoms with Gasteiger partial charge in [0.1, 0.15) is 12.7 Å². The number of aromatic hydroxyl groups is 1. The lowest BCUT2D eigenvalue weighted by Crippen LogP contribution is -2.69. The summed E-state index contributed by atoms with van der Waals surface area (Å²) in [6, 6.07) is 12.1. The van der Waals surface area contributed by atoms with Crippen molar-refractivity contribution >= 4 is 17.8 Å². The molecule has 5 aliphatic rings. The molecule has 1 amide bonds. The summed E-state index contributed by atoms with van der Waals surface area (Å²) in [5.41, 5.74) is 3.23. The quantitative estimate of drug-likeness (QED) is 0.304. The van der Waals surface area contributed by atoms with E-state index >= 15 is 0 Å². The van der Waals surface area contributed by atoms with E-state index in [9.17, 15) is 14.7 Å². The minimum absolute atomic E-state index is 0.00380. The molecule has 7 heteroatoms. The molecular formula is C36H44N2O5. The fourth-order valence-electron chi connectivity index (χ4n) is 8.88. The molecule has 43 heavy (non-hydrogen) atoms. The second-order valence-corrected chi connectivity index (χ2v) is 13.9. The summed E-state index contributed by atoms with van der Waals surface area (Å²) in [7, 11) is 1.50. The van der Waals surface area contributed by atoms with Gasteiger partial charge in [0.15, 0.2) is 17.3 Å². The molecule has 1 spiro atoms. The van der Waals surface area contributed by atoms with Crippen molar-refractivity contribution in [2.45, 2.75) is 76.0 Å². The van der Waals surface area contributed by atoms with Crippen LogP contribution in [0.5, 0.6) is 11.5 Å². The Bertz CT molecular complexity index is 1430. The third-order valence-electron chi connectivity index (χ3n) is 10.7. The second-order valence-electron chi connectivity index (χ2n) is 13.9. The van der Waals surface area contributed by atoms with Gasteiger partial charge in [0, 0.05) is 43.3 Å². The molecular weight excluding hydrogens is 540 g/mol. The molecule has 1 N–H and O–H groups in total. The Labute approximate surface area is 254 Å². The highest BCUT2D eigenvalue weighted by atomic mass is 16.5. The minimum atomic E-state index is -0.282. The third-order valence-corrected chi connectivity index (χ3v) is 10.7. The highest BCUT2D eigenvalue weighted by Gasteiger charge is 2.67. The number of rotatable bonds is 10. The van der Waals surface area contributed by atoms with Crippen LogP contribution in [0.15, 0.2) is 42.5 Å². The number of carbonyl (C=O) groups is 2. The maximum atomic E-state index is 14.0. The first-order chi connectivity index (χ1) is 20.8. The number of benzene rings is 2. The van der Waals surface area contributed by atoms with E-state index in [0.29, 0.717) is 24.3 Å². The van der Waals surface area contributed by atoms with Crippen LogP contribution in [-0.2, 0) is 21.4 Å². The Morgan fingerprint density at radius 3 is 2.70 bits per heavy atom. The molecule has 3 fully saturated rings. The van der Waals surface area contributed by atoms with E-state index in [1.54, 1.807) is 6.08 Å². The zero-order valence-electron chi connectivity index (χ0n) is 25.6. The average molecular weight is 585 g/mol. The van der Waals surface area contributed by atoms with Crippen LogP contribution in [-0.4, -0.2) is 78.1 Å². The van der Waals surface area contributed by atoms with Gasteiger partial charge in [-0.05, 0) is 86.1 Å². The van der Waals surface area contributed by atoms with Crippen molar-refractivity contribution in [1.82, 2.24) is 9.80 Å². The number of Topliss-reactive ketones (excluding diaryl/α,β-unsaturated/α-hetero) is 1. The molecule has 5 atom stereocenters. The normalized spacial score (nSPS) is 29.0. The van der Waals surface area contributed by atoms with Crippen molar-refractivity contribution in [1.29, 1.82) is 0 Å². The zero-order valence-corrected chi connectivity index (χ0v) is 25.6. The number of phenols is 1. The van der Waals surface area contributed by atoms with Crippen molar-refractivity contribution in [2.24, 2.45) is 17.8 Å². The molecule has 2 aromatic carbocycles. The first-order valence-electron chi connectivity index (χ1n) is 16.2. The number of hydrogen-bond acceptors (Lipinski definition) is 6. The molecule has 2 saturated carbocycles. The lowest BCUT2D eigenvalue weighted by Gasteiger charge is -2.60. The minimum Gasteiger partial charge on any atom is -0.504 e. The molecule has 2 bridgehead atoms. The molecule has 3 aliphatic carbocycles. The number of phenolic OH excluding ortho intramolecular Hbond substituents is 1. The number of methoxy groups -OCH3 is 1. The van der Waals surface area contributed by atoms with E-state index < -0.39 is 0 Å². The molecule has 7 rings (SSSR count). The van der Waals surface area contributed by atoms with Crippen LogP contribution in [0.25, 0.3) is 6.08 Å². The van der Waals surface area contributed by atoms with Crippen LogP contribution in [0.4, 0.5) is 0 Å². The SMILES string of the molecule is COCC(=O)c1cc2c3c(c1O)OC1C(N(CC(C)C)C(=O)C=Cc4ccccc4)CC[C@H]4[C@@H](C2)N(CC2CC2)CC[C@]314. The number of amides is 1. The number of piperidine rings is 1. The van der Waals surface area contributed by atoms with Gasteiger partial charge in [-0.1, -0.05) is 44.2 Å². The second kappa shape index (κ2) is 11.1. The van der Waals surface area contributed by atoms with Gasteiger partial charge in [-0.3, -0.25) is 14.5 Å². The monoisotopic (exact) mass is 584 g/mol. The van der Waals surface area contributed by atoms with Crippen molar-refractivity contribution in [3.8, 4) is 11.5 Å². The predicted molar refractivity (Wildman–Crippen MR) is 165 cm³/mol. The Hall–Kier alpha value is -3.16. The fraction of sp³-hybridized carbons (Fsp3) is 0.556. The molecule has 2 unspecified atom stereocenters. The number of ether oxygens (including phenoxy) is 2. The van der Waals surface area contributed by atoms with Crippen LogP contribution in [0.1, 0.15) is 73.0 Å². The standard InChI is InChI=1S/C36H44N2O5/c1-22(2)19-38(31(40)14-11-23-7-5-4-6-8-23)28-13-12-27-29-18-25-17-26(30(39)21-42-3)33(41)34-32(25)36(27,35(28)43-34)15-16-37(29)20-24-9-10-24/h4-8,11,14,17,22,24,27-29,35,41H,9-10,12-13,15-16,18-21H2,1-3H3/t27-,28?,29+,35?,36-/m0/s1. The largest absolute Gasteiger partial charge is 0.504 e. The zero-order chi connectivity index (χ0) is 29.9. The van der Waals surface area contributed by atoms with E-state index in [0.717, 1.165) is 61.4 Å². The molecule has 0 aromatic heterocycles. The van der Waals surface area contributed by atoms with E-state index in [2.05, 4.69) is 18.7 Å². The highest BCUT2D eigenvalue weighted by Crippen LogP contribution is 2.65. The number of likely N-dealkylation sites (tertiary alicyclic amines) is 1. The summed E-state index contributed by atoms with van der Waals surface area (Å²) in [6.07, 6.45) is 9.66. The molecule has 228 valence electrons. The van der Waals surface area contributed by atoms with Gasteiger partial charge in [-0.2, -0.15) is 0 Å². The van der Waals surface area contributed by atoms with Crippen molar-refractivity contribution in [3.63, 3.8) is 0 Å². The van der Waals surface area contributed by atoms with Crippen LogP contribution < -0.4 is 4.74 Å². The van der Waals surface area contributed by atoms with Gasteiger partial charge < -0.3 is 19.5 Å². The number of ketones is 1. The lowest BCUT2D eigenvalue weighted by molar-refractivity contribution is -0.138. The van der Waals surface area contributed by atoms with E-state index in [4.69, 9.17) is 9.47 Å². The Kier molecular flexibility index (Phi) is 7.37. The predicted octanol–water partition coefficient (Wildman–Crippen LogP) is 5.24. The van der Waals surface area contributed by atoms with Gasteiger partial charge >= 0.3 is 0 Å². The topological polar surface area (TPSA) is 79.3 Å². The Morgan fingerprint density at radius 1 is 1.19 bits per heavy atom. The number of nitrogens with zero attached hydrogens (tertiary/aromatic N) is 2. The maximum Gasteiger partial charge on any atom is 0.246 e. The summed E-state index contributed by atoms with van der Waals surface area (Å²) in [5.74, 6) is 1.65. The van der Waals surface area contributed by atoms with E-state index in [1.165, 1.54) is 20.0 Å². The van der Waals surface area contributed by atoms with Crippen LogP contribution in [0, 0.1) is 17.8 Å². The number of hydrogen-bond donors (Lipinski definition) is 1.